The third-order valence-corrected chi connectivity index (χ3v) is 3.30. The van der Waals surface area contributed by atoms with E-state index < -0.39 is 22.9 Å². The van der Waals surface area contributed by atoms with Gasteiger partial charge in [-0.05, 0) is 6.42 Å². The normalized spacial score (nSPS) is 9.52. The molecule has 0 aromatic carbocycles. The Morgan fingerprint density at radius 1 is 0.741 bits per heavy atom. The van der Waals surface area contributed by atoms with Crippen molar-refractivity contribution < 1.29 is 37.2 Å². The lowest BCUT2D eigenvalue weighted by Gasteiger charge is -2.02. The van der Waals surface area contributed by atoms with E-state index in [1.807, 2.05) is 0 Å². The molecule has 9 heteroatoms. The van der Waals surface area contributed by atoms with Crippen molar-refractivity contribution in [2.24, 2.45) is 0 Å². The number of thiol groups is 1. The highest BCUT2D eigenvalue weighted by Gasteiger charge is 2.07. The fourth-order valence-electron chi connectivity index (χ4n) is 1.83. The molecule has 0 aliphatic carbocycles. The topological polar surface area (TPSA) is 135 Å². The first kappa shape index (κ1) is 30.3. The summed E-state index contributed by atoms with van der Waals surface area (Å²) in [6.07, 6.45) is 11.8. The highest BCUT2D eigenvalue weighted by atomic mass is 32.2. The number of carbonyl (C=O) groups excluding carboxylic acids is 2. The molecule has 0 spiro atoms. The van der Waals surface area contributed by atoms with Gasteiger partial charge in [-0.25, -0.2) is 8.42 Å². The van der Waals surface area contributed by atoms with Gasteiger partial charge in [0.1, 0.15) is 0 Å². The van der Waals surface area contributed by atoms with E-state index in [9.17, 15) is 14.4 Å². The van der Waals surface area contributed by atoms with E-state index in [1.54, 1.807) is 13.8 Å². The predicted octanol–water partition coefficient (Wildman–Crippen LogP) is 3.94. The van der Waals surface area contributed by atoms with Gasteiger partial charge in [0.05, 0.1) is 0 Å². The molecule has 0 fully saturated rings. The standard InChI is InChI=1S/C15H28O3.C3H6O2.H2O3S/c1-3-5-6-7-8-9-10-11-12-13-15(17)18-14(16)4-2;1-2-3(4)5;1-4(2)3/h3-13H2,1-2H3;2H2,1H3,(H,4,5);4H,(H,1,2,3). The van der Waals surface area contributed by atoms with E-state index in [1.165, 1.54) is 44.9 Å². The maximum Gasteiger partial charge on any atom is 0.313 e. The Morgan fingerprint density at radius 3 is 1.44 bits per heavy atom. The summed E-state index contributed by atoms with van der Waals surface area (Å²) in [7, 11) is -3.12. The first-order valence-electron chi connectivity index (χ1n) is 9.49. The van der Waals surface area contributed by atoms with Crippen molar-refractivity contribution in [2.75, 3.05) is 0 Å². The molecule has 0 saturated carbocycles. The SMILES string of the molecule is CCC(=O)O.CCCCCCCCCCCC(=O)OC(=O)CC.O=[SH](=O)O. The van der Waals surface area contributed by atoms with Crippen LogP contribution >= 0.6 is 0 Å². The summed E-state index contributed by atoms with van der Waals surface area (Å²) >= 11 is 0. The zero-order valence-corrected chi connectivity index (χ0v) is 17.7. The number of rotatable bonds is 12. The van der Waals surface area contributed by atoms with E-state index >= 15 is 0 Å². The lowest BCUT2D eigenvalue weighted by atomic mass is 10.1. The summed E-state index contributed by atoms with van der Waals surface area (Å²) in [5, 5.41) is 7.72. The van der Waals surface area contributed by atoms with E-state index in [-0.39, 0.29) is 18.8 Å². The number of ether oxygens (including phenoxy) is 1. The Hall–Kier alpha value is -1.48. The molecule has 0 amide bonds. The molecule has 0 aliphatic rings. The van der Waals surface area contributed by atoms with E-state index in [2.05, 4.69) is 11.7 Å². The molecule has 0 atom stereocenters. The Bertz CT molecular complexity index is 439. The molecule has 162 valence electrons. The van der Waals surface area contributed by atoms with Gasteiger partial charge < -0.3 is 9.84 Å². The zero-order valence-electron chi connectivity index (χ0n) is 16.8. The smallest absolute Gasteiger partial charge is 0.313 e. The maximum absolute atomic E-state index is 11.2. The maximum atomic E-state index is 11.2. The molecule has 0 saturated heterocycles. The molecule has 0 aromatic heterocycles. The first-order chi connectivity index (χ1) is 12.7. The molecular formula is C18H36O8S. The van der Waals surface area contributed by atoms with Crippen molar-refractivity contribution in [3.8, 4) is 0 Å². The van der Waals surface area contributed by atoms with Gasteiger partial charge in [-0.3, -0.25) is 18.9 Å². The Kier molecular flexibility index (Phi) is 27.5. The van der Waals surface area contributed by atoms with E-state index in [0.717, 1.165) is 12.8 Å². The second kappa shape index (κ2) is 24.5. The average Bonchev–Trinajstić information content (AvgIpc) is 2.60. The second-order valence-corrected chi connectivity index (χ2v) is 6.24. The monoisotopic (exact) mass is 412 g/mol. The molecular weight excluding hydrogens is 376 g/mol. The van der Waals surface area contributed by atoms with E-state index in [0.29, 0.717) is 6.42 Å². The number of aliphatic carboxylic acids is 1. The number of carboxylic acids is 1. The molecule has 0 aliphatic heterocycles. The van der Waals surface area contributed by atoms with Crippen molar-refractivity contribution in [1.29, 1.82) is 0 Å². The minimum absolute atomic E-state index is 0.222. The van der Waals surface area contributed by atoms with E-state index in [4.69, 9.17) is 18.1 Å². The van der Waals surface area contributed by atoms with Gasteiger partial charge in [0.25, 0.3) is 11.0 Å². The highest BCUT2D eigenvalue weighted by molar-refractivity contribution is 7.66. The van der Waals surface area contributed by atoms with Gasteiger partial charge in [0.2, 0.25) is 0 Å². The number of hydrogen-bond donors (Lipinski definition) is 3. The fraction of sp³-hybridized carbons (Fsp3) is 0.833. The molecule has 0 unspecified atom stereocenters. The minimum atomic E-state index is -3.12. The number of carboxylic acid groups (broad SMARTS) is 1. The number of carbonyl (C=O) groups is 3. The van der Waals surface area contributed by atoms with Crippen LogP contribution < -0.4 is 0 Å². The number of esters is 2. The third kappa shape index (κ3) is 40.5. The number of hydrogen-bond acceptors (Lipinski definition) is 6. The van der Waals surface area contributed by atoms with Gasteiger partial charge in [0, 0.05) is 19.3 Å². The molecule has 0 bridgehead atoms. The van der Waals surface area contributed by atoms with Crippen LogP contribution in [0.1, 0.15) is 97.8 Å². The van der Waals surface area contributed by atoms with Crippen molar-refractivity contribution in [3.63, 3.8) is 0 Å². The Labute approximate surface area is 164 Å². The first-order valence-corrected chi connectivity index (χ1v) is 10.6. The zero-order chi connectivity index (χ0) is 21.5. The summed E-state index contributed by atoms with van der Waals surface area (Å²) in [6, 6.07) is 0. The lowest BCUT2D eigenvalue weighted by Crippen LogP contribution is -2.10. The van der Waals surface area contributed by atoms with Crippen LogP contribution in [0, 0.1) is 0 Å². The molecule has 0 heterocycles. The van der Waals surface area contributed by atoms with Crippen LogP contribution in [0.4, 0.5) is 0 Å². The third-order valence-electron chi connectivity index (χ3n) is 3.30. The largest absolute Gasteiger partial charge is 0.481 e. The number of unbranched alkanes of at least 4 members (excludes halogenated alkanes) is 8. The van der Waals surface area contributed by atoms with Crippen LogP contribution in [0.25, 0.3) is 0 Å². The van der Waals surface area contributed by atoms with Gasteiger partial charge in [-0.1, -0.05) is 72.1 Å². The van der Waals surface area contributed by atoms with Crippen molar-refractivity contribution in [3.05, 3.63) is 0 Å². The minimum Gasteiger partial charge on any atom is -0.481 e. The van der Waals surface area contributed by atoms with Crippen molar-refractivity contribution in [2.45, 2.75) is 97.8 Å². The van der Waals surface area contributed by atoms with Crippen LogP contribution in [0.3, 0.4) is 0 Å². The van der Waals surface area contributed by atoms with Crippen molar-refractivity contribution >= 4 is 28.9 Å². The highest BCUT2D eigenvalue weighted by Crippen LogP contribution is 2.10. The molecule has 8 nitrogen and oxygen atoms in total. The molecule has 27 heavy (non-hydrogen) atoms. The second-order valence-electron chi connectivity index (χ2n) is 5.76. The summed E-state index contributed by atoms with van der Waals surface area (Å²) in [5.41, 5.74) is 0. The van der Waals surface area contributed by atoms with Gasteiger partial charge in [-0.2, -0.15) is 0 Å². The fourth-order valence-corrected chi connectivity index (χ4v) is 1.83. The van der Waals surface area contributed by atoms with Crippen LogP contribution in [-0.2, 0) is 30.1 Å². The molecule has 0 aromatic rings. The molecule has 2 N–H and O–H groups in total. The quantitative estimate of drug-likeness (QED) is 0.144. The Morgan fingerprint density at radius 2 is 1.11 bits per heavy atom. The summed E-state index contributed by atoms with van der Waals surface area (Å²) in [6.45, 7) is 5.51. The van der Waals surface area contributed by atoms with Gasteiger partial charge in [-0.15, -0.1) is 0 Å². The summed E-state index contributed by atoms with van der Waals surface area (Å²) < 4.78 is 28.8. The predicted molar refractivity (Wildman–Crippen MR) is 104 cm³/mol. The molecule has 0 rings (SSSR count). The van der Waals surface area contributed by atoms with Gasteiger partial charge >= 0.3 is 17.9 Å². The van der Waals surface area contributed by atoms with Crippen LogP contribution in [-0.4, -0.2) is 36.0 Å². The van der Waals surface area contributed by atoms with Crippen LogP contribution in [0.15, 0.2) is 0 Å². The summed E-state index contributed by atoms with van der Waals surface area (Å²) in [4.78, 5) is 31.4. The van der Waals surface area contributed by atoms with Crippen molar-refractivity contribution in [1.82, 2.24) is 0 Å². The lowest BCUT2D eigenvalue weighted by molar-refractivity contribution is -0.159. The average molecular weight is 413 g/mol. The van der Waals surface area contributed by atoms with Crippen LogP contribution in [0.2, 0.25) is 0 Å². The Balaban J connectivity index is -0.000000528. The molecule has 0 radical (unpaired) electrons. The van der Waals surface area contributed by atoms with Crippen LogP contribution in [0.5, 0.6) is 0 Å². The summed E-state index contributed by atoms with van der Waals surface area (Å²) in [5.74, 6) is -1.54. The van der Waals surface area contributed by atoms with Gasteiger partial charge in [0.15, 0.2) is 0 Å².